The second kappa shape index (κ2) is 5.58. The lowest BCUT2D eigenvalue weighted by Gasteiger charge is -2.56. The van der Waals surface area contributed by atoms with Crippen LogP contribution < -0.4 is 15.0 Å². The van der Waals surface area contributed by atoms with E-state index in [0.29, 0.717) is 16.9 Å². The van der Waals surface area contributed by atoms with E-state index in [1.807, 2.05) is 20.8 Å². The summed E-state index contributed by atoms with van der Waals surface area (Å²) in [6, 6.07) is 1.73. The number of hydrogen-bond donors (Lipinski definition) is 1. The first-order valence-electron chi connectivity index (χ1n) is 8.10. The zero-order valence-corrected chi connectivity index (χ0v) is 14.3. The van der Waals surface area contributed by atoms with Crippen LogP contribution in [0.5, 0.6) is 5.75 Å². The molecule has 0 unspecified atom stereocenters. The van der Waals surface area contributed by atoms with Gasteiger partial charge in [0.25, 0.3) is 0 Å². The predicted molar refractivity (Wildman–Crippen MR) is 89.1 cm³/mol. The van der Waals surface area contributed by atoms with Gasteiger partial charge in [0.15, 0.2) is 11.6 Å². The molecule has 2 heterocycles. The minimum Gasteiger partial charge on any atom is -0.491 e. The number of aromatic nitrogens is 1. The Bertz CT molecular complexity index is 598. The van der Waals surface area contributed by atoms with Gasteiger partial charge in [-0.2, -0.15) is 0 Å². The number of carbonyl (C=O) groups excluding carboxylic acids is 1. The van der Waals surface area contributed by atoms with E-state index < -0.39 is 11.7 Å². The van der Waals surface area contributed by atoms with Gasteiger partial charge in [-0.1, -0.05) is 6.42 Å². The Labute approximate surface area is 137 Å². The maximum absolute atomic E-state index is 12.0. The molecule has 2 aliphatic rings. The van der Waals surface area contributed by atoms with Gasteiger partial charge in [0.2, 0.25) is 0 Å². The van der Waals surface area contributed by atoms with Gasteiger partial charge >= 0.3 is 6.09 Å². The molecule has 1 amide bonds. The number of carbonyl (C=O) groups is 1. The first-order valence-corrected chi connectivity index (χ1v) is 8.10. The van der Waals surface area contributed by atoms with Crippen molar-refractivity contribution in [1.29, 1.82) is 0 Å². The van der Waals surface area contributed by atoms with Crippen LogP contribution in [0.2, 0.25) is 0 Å². The molecule has 0 radical (unpaired) electrons. The van der Waals surface area contributed by atoms with Crippen molar-refractivity contribution < 1.29 is 14.3 Å². The number of methoxy groups -OCH3 is 1. The van der Waals surface area contributed by atoms with Crippen molar-refractivity contribution in [2.24, 2.45) is 5.41 Å². The van der Waals surface area contributed by atoms with Gasteiger partial charge in [-0.15, -0.1) is 0 Å². The summed E-state index contributed by atoms with van der Waals surface area (Å²) in [4.78, 5) is 18.7. The lowest BCUT2D eigenvalue weighted by Crippen LogP contribution is -2.60. The van der Waals surface area contributed by atoms with Gasteiger partial charge in [-0.25, -0.2) is 9.78 Å². The van der Waals surface area contributed by atoms with Crippen LogP contribution in [0, 0.1) is 5.41 Å². The molecule has 6 nitrogen and oxygen atoms in total. The zero-order valence-electron chi connectivity index (χ0n) is 14.3. The number of nitrogens with one attached hydrogen (secondary N) is 1. The van der Waals surface area contributed by atoms with Crippen LogP contribution in [-0.4, -0.2) is 36.9 Å². The van der Waals surface area contributed by atoms with Gasteiger partial charge < -0.3 is 14.4 Å². The van der Waals surface area contributed by atoms with Crippen LogP contribution in [0.3, 0.4) is 0 Å². The molecule has 1 aromatic heterocycles. The molecule has 1 aromatic rings. The van der Waals surface area contributed by atoms with Crippen LogP contribution in [0.15, 0.2) is 12.3 Å². The Balaban J connectivity index is 1.74. The van der Waals surface area contributed by atoms with E-state index in [9.17, 15) is 4.79 Å². The largest absolute Gasteiger partial charge is 0.491 e. The van der Waals surface area contributed by atoms with Gasteiger partial charge in [0.05, 0.1) is 12.8 Å². The highest BCUT2D eigenvalue weighted by Crippen LogP contribution is 2.51. The molecule has 1 saturated carbocycles. The van der Waals surface area contributed by atoms with Crippen molar-refractivity contribution in [3.8, 4) is 5.75 Å². The Kier molecular flexibility index (Phi) is 3.86. The van der Waals surface area contributed by atoms with Crippen molar-refractivity contribution in [2.75, 3.05) is 30.4 Å². The first-order chi connectivity index (χ1) is 10.8. The Morgan fingerprint density at radius 1 is 1.35 bits per heavy atom. The number of rotatable bonds is 3. The van der Waals surface area contributed by atoms with E-state index >= 15 is 0 Å². The second-order valence-corrected chi connectivity index (χ2v) is 7.55. The summed E-state index contributed by atoms with van der Waals surface area (Å²) < 4.78 is 10.8. The topological polar surface area (TPSA) is 63.7 Å². The molecule has 6 heteroatoms. The molecule has 126 valence electrons. The number of anilines is 2. The SMILES string of the molecule is COc1c(NC(=O)OC(C)(C)C)ccnc1N1CC2(CCC2)C1. The minimum atomic E-state index is -0.540. The van der Waals surface area contributed by atoms with Crippen LogP contribution >= 0.6 is 0 Å². The summed E-state index contributed by atoms with van der Waals surface area (Å²) >= 11 is 0. The van der Waals surface area contributed by atoms with Gasteiger partial charge in [-0.05, 0) is 39.7 Å². The first kappa shape index (κ1) is 15.9. The van der Waals surface area contributed by atoms with E-state index in [0.717, 1.165) is 18.9 Å². The van der Waals surface area contributed by atoms with E-state index in [2.05, 4.69) is 15.2 Å². The number of pyridine rings is 1. The molecule has 1 saturated heterocycles. The Morgan fingerprint density at radius 3 is 2.57 bits per heavy atom. The smallest absolute Gasteiger partial charge is 0.412 e. The lowest BCUT2D eigenvalue weighted by atomic mass is 9.63. The Morgan fingerprint density at radius 2 is 2.04 bits per heavy atom. The van der Waals surface area contributed by atoms with Gasteiger partial charge in [0.1, 0.15) is 5.60 Å². The van der Waals surface area contributed by atoms with E-state index in [4.69, 9.17) is 9.47 Å². The van der Waals surface area contributed by atoms with Crippen molar-refractivity contribution in [2.45, 2.75) is 45.6 Å². The van der Waals surface area contributed by atoms with Crippen molar-refractivity contribution in [3.05, 3.63) is 12.3 Å². The summed E-state index contributed by atoms with van der Waals surface area (Å²) in [5, 5.41) is 2.76. The lowest BCUT2D eigenvalue weighted by molar-refractivity contribution is 0.0635. The van der Waals surface area contributed by atoms with E-state index in [-0.39, 0.29) is 0 Å². The summed E-state index contributed by atoms with van der Waals surface area (Å²) in [6.07, 6.45) is 5.14. The fraction of sp³-hybridized carbons (Fsp3) is 0.647. The fourth-order valence-corrected chi connectivity index (χ4v) is 3.28. The summed E-state index contributed by atoms with van der Waals surface area (Å²) in [5.74, 6) is 1.38. The molecule has 3 rings (SSSR count). The highest BCUT2D eigenvalue weighted by molar-refractivity contribution is 5.88. The van der Waals surface area contributed by atoms with Crippen molar-refractivity contribution in [3.63, 3.8) is 0 Å². The minimum absolute atomic E-state index is 0.493. The van der Waals surface area contributed by atoms with E-state index in [1.165, 1.54) is 19.3 Å². The van der Waals surface area contributed by atoms with E-state index in [1.54, 1.807) is 19.4 Å². The highest BCUT2D eigenvalue weighted by atomic mass is 16.6. The summed E-state index contributed by atoms with van der Waals surface area (Å²) in [6.45, 7) is 7.54. The fourth-order valence-electron chi connectivity index (χ4n) is 3.28. The summed E-state index contributed by atoms with van der Waals surface area (Å²) in [7, 11) is 1.60. The molecule has 1 aliphatic carbocycles. The number of hydrogen-bond acceptors (Lipinski definition) is 5. The monoisotopic (exact) mass is 319 g/mol. The molecule has 23 heavy (non-hydrogen) atoms. The molecule has 1 N–H and O–H groups in total. The predicted octanol–water partition coefficient (Wildman–Crippen LogP) is 3.43. The van der Waals surface area contributed by atoms with Crippen molar-refractivity contribution >= 4 is 17.6 Å². The average molecular weight is 319 g/mol. The molecule has 0 aromatic carbocycles. The molecular formula is C17H25N3O3. The number of nitrogens with zero attached hydrogens (tertiary/aromatic N) is 2. The van der Waals surface area contributed by atoms with Gasteiger partial charge in [0, 0.05) is 24.7 Å². The zero-order chi connectivity index (χ0) is 16.7. The molecule has 0 atom stereocenters. The Hall–Kier alpha value is -1.98. The maximum Gasteiger partial charge on any atom is 0.412 e. The molecule has 0 bridgehead atoms. The van der Waals surface area contributed by atoms with Crippen LogP contribution in [0.25, 0.3) is 0 Å². The second-order valence-electron chi connectivity index (χ2n) is 7.55. The third-order valence-corrected chi connectivity index (χ3v) is 4.49. The van der Waals surface area contributed by atoms with Crippen LogP contribution in [0.4, 0.5) is 16.3 Å². The third-order valence-electron chi connectivity index (χ3n) is 4.49. The van der Waals surface area contributed by atoms with Crippen LogP contribution in [0.1, 0.15) is 40.0 Å². The summed E-state index contributed by atoms with van der Waals surface area (Å²) in [5.41, 5.74) is 0.545. The van der Waals surface area contributed by atoms with Crippen LogP contribution in [-0.2, 0) is 4.74 Å². The average Bonchev–Trinajstić information content (AvgIpc) is 2.33. The third kappa shape index (κ3) is 3.21. The molecule has 1 spiro atoms. The maximum atomic E-state index is 12.0. The van der Waals surface area contributed by atoms with Gasteiger partial charge in [-0.3, -0.25) is 5.32 Å². The quantitative estimate of drug-likeness (QED) is 0.925. The standard InChI is InChI=1S/C17H25N3O3/c1-16(2,3)23-15(21)19-12-6-9-18-14(13(12)22-4)20-10-17(11-20)7-5-8-17/h6,9H,5,7-8,10-11H2,1-4H3,(H,18,19,21). The molecular weight excluding hydrogens is 294 g/mol. The molecule has 1 aliphatic heterocycles. The molecule has 2 fully saturated rings. The number of ether oxygens (including phenoxy) is 2. The number of amides is 1. The van der Waals surface area contributed by atoms with Crippen molar-refractivity contribution in [1.82, 2.24) is 4.98 Å². The highest BCUT2D eigenvalue weighted by Gasteiger charge is 2.48. The normalized spacial score (nSPS) is 18.9.